The van der Waals surface area contributed by atoms with Crippen molar-refractivity contribution in [3.8, 4) is 16.9 Å². The number of fused-ring (bicyclic) bond motifs is 1. The number of hydrogen-bond donors (Lipinski definition) is 3. The summed E-state index contributed by atoms with van der Waals surface area (Å²) in [6.07, 6.45) is 4.88. The molecule has 3 N–H and O–H groups in total. The van der Waals surface area contributed by atoms with Crippen molar-refractivity contribution in [2.75, 3.05) is 59.2 Å². The maximum Gasteiger partial charge on any atom is 0.254 e. The first-order valence-electron chi connectivity index (χ1n) is 12.5. The van der Waals surface area contributed by atoms with Crippen LogP contribution in [0.1, 0.15) is 29.6 Å². The molecule has 1 aromatic heterocycles. The van der Waals surface area contributed by atoms with Crippen molar-refractivity contribution in [1.29, 1.82) is 0 Å². The molecule has 1 aliphatic heterocycles. The Kier molecular flexibility index (Phi) is 8.21. The molecule has 4 rings (SSSR count). The van der Waals surface area contributed by atoms with Gasteiger partial charge in [0.15, 0.2) is 0 Å². The van der Waals surface area contributed by atoms with E-state index >= 15 is 0 Å². The highest BCUT2D eigenvalue weighted by Gasteiger charge is 2.20. The van der Waals surface area contributed by atoms with Crippen molar-refractivity contribution in [3.63, 3.8) is 0 Å². The summed E-state index contributed by atoms with van der Waals surface area (Å²) in [6, 6.07) is 13.3. The van der Waals surface area contributed by atoms with Gasteiger partial charge in [-0.05, 0) is 101 Å². The molecule has 35 heavy (non-hydrogen) atoms. The second-order valence-electron chi connectivity index (χ2n) is 9.87. The van der Waals surface area contributed by atoms with Crippen LogP contribution >= 0.6 is 0 Å². The van der Waals surface area contributed by atoms with Crippen molar-refractivity contribution in [1.82, 2.24) is 20.1 Å². The number of pyridine rings is 1. The first-order valence-corrected chi connectivity index (χ1v) is 12.5. The summed E-state index contributed by atoms with van der Waals surface area (Å²) in [7, 11) is 6.28. The van der Waals surface area contributed by atoms with Crippen LogP contribution in [0.2, 0.25) is 0 Å². The molecule has 7 heteroatoms. The Morgan fingerprint density at radius 2 is 1.83 bits per heavy atom. The lowest BCUT2D eigenvalue weighted by atomic mass is 9.97. The molecule has 1 fully saturated rings. The van der Waals surface area contributed by atoms with E-state index in [0.29, 0.717) is 18.0 Å². The molecule has 3 aromatic rings. The zero-order chi connectivity index (χ0) is 24.8. The number of nitrogens with zero attached hydrogens (tertiary/aromatic N) is 3. The molecule has 2 aromatic carbocycles. The number of amides is 1. The Bertz CT molecular complexity index is 1140. The molecule has 0 bridgehead atoms. The van der Waals surface area contributed by atoms with E-state index < -0.39 is 0 Å². The number of benzene rings is 2. The Morgan fingerprint density at radius 3 is 2.54 bits per heavy atom. The van der Waals surface area contributed by atoms with E-state index in [2.05, 4.69) is 52.6 Å². The summed E-state index contributed by atoms with van der Waals surface area (Å²) in [4.78, 5) is 22.4. The van der Waals surface area contributed by atoms with Gasteiger partial charge in [0.05, 0.1) is 16.8 Å². The number of carbonyl (C=O) groups is 1. The molecule has 1 aliphatic rings. The SMILES string of the molecule is CN(C)CCCNc1c(C(=O)NCC2CCN(C)CC2)cnc2ccc(-c3ccc(O)cc3)cc12. The fourth-order valence-electron chi connectivity index (χ4n) is 4.60. The fourth-order valence-corrected chi connectivity index (χ4v) is 4.60. The maximum atomic E-state index is 13.3. The van der Waals surface area contributed by atoms with Gasteiger partial charge < -0.3 is 25.5 Å². The van der Waals surface area contributed by atoms with Crippen LogP contribution in [0.25, 0.3) is 22.0 Å². The molecule has 1 amide bonds. The highest BCUT2D eigenvalue weighted by Crippen LogP contribution is 2.31. The highest BCUT2D eigenvalue weighted by molar-refractivity contribution is 6.07. The predicted octanol–water partition coefficient (Wildman–Crippen LogP) is 4.04. The zero-order valence-corrected chi connectivity index (χ0v) is 21.1. The number of piperidine rings is 1. The number of phenols is 1. The van der Waals surface area contributed by atoms with Gasteiger partial charge in [0.2, 0.25) is 0 Å². The minimum absolute atomic E-state index is 0.0801. The normalized spacial score (nSPS) is 15.0. The van der Waals surface area contributed by atoms with Crippen LogP contribution in [0.4, 0.5) is 5.69 Å². The first kappa shape index (κ1) is 24.9. The molecule has 0 spiro atoms. The number of likely N-dealkylation sites (tertiary alicyclic amines) is 1. The maximum absolute atomic E-state index is 13.3. The number of rotatable bonds is 9. The van der Waals surface area contributed by atoms with E-state index in [9.17, 15) is 9.90 Å². The molecule has 7 nitrogen and oxygen atoms in total. The van der Waals surface area contributed by atoms with Gasteiger partial charge in [-0.3, -0.25) is 9.78 Å². The quantitative estimate of drug-likeness (QED) is 0.405. The minimum atomic E-state index is -0.0801. The molecular weight excluding hydrogens is 438 g/mol. The standard InChI is InChI=1S/C28H37N5O2/c1-32(2)14-4-13-29-27-24-17-22(21-5-8-23(34)9-6-21)7-10-26(24)30-19-25(27)28(35)31-18-20-11-15-33(3)16-12-20/h5-10,17,19-20,34H,4,11-16,18H2,1-3H3,(H,29,30)(H,31,35). The Balaban J connectivity index is 1.61. The number of carbonyl (C=O) groups excluding carboxylic acids is 1. The number of anilines is 1. The second-order valence-corrected chi connectivity index (χ2v) is 9.87. The number of phenolic OH excluding ortho intramolecular Hbond substituents is 1. The smallest absolute Gasteiger partial charge is 0.254 e. The van der Waals surface area contributed by atoms with Crippen LogP contribution in [-0.4, -0.2) is 79.7 Å². The molecular formula is C28H37N5O2. The molecule has 0 aliphatic carbocycles. The summed E-state index contributed by atoms with van der Waals surface area (Å²) in [5, 5.41) is 17.3. The summed E-state index contributed by atoms with van der Waals surface area (Å²) < 4.78 is 0. The summed E-state index contributed by atoms with van der Waals surface area (Å²) in [5.74, 6) is 0.674. The fraction of sp³-hybridized carbons (Fsp3) is 0.429. The molecule has 2 heterocycles. The van der Waals surface area contributed by atoms with Crippen molar-refractivity contribution in [2.24, 2.45) is 5.92 Å². The molecule has 1 saturated heterocycles. The summed E-state index contributed by atoms with van der Waals surface area (Å²) in [6.45, 7) is 4.58. The Morgan fingerprint density at radius 1 is 1.11 bits per heavy atom. The van der Waals surface area contributed by atoms with Crippen LogP contribution in [0.3, 0.4) is 0 Å². The van der Waals surface area contributed by atoms with E-state index in [0.717, 1.165) is 73.2 Å². The highest BCUT2D eigenvalue weighted by atomic mass is 16.3. The third-order valence-corrected chi connectivity index (χ3v) is 6.79. The monoisotopic (exact) mass is 475 g/mol. The van der Waals surface area contributed by atoms with Crippen LogP contribution in [0, 0.1) is 5.92 Å². The minimum Gasteiger partial charge on any atom is -0.508 e. The number of hydrogen-bond acceptors (Lipinski definition) is 6. The van der Waals surface area contributed by atoms with Crippen molar-refractivity contribution >= 4 is 22.5 Å². The van der Waals surface area contributed by atoms with E-state index in [1.54, 1.807) is 18.3 Å². The molecule has 0 radical (unpaired) electrons. The van der Waals surface area contributed by atoms with Gasteiger partial charge in [-0.1, -0.05) is 18.2 Å². The van der Waals surface area contributed by atoms with E-state index in [-0.39, 0.29) is 11.7 Å². The number of nitrogens with one attached hydrogen (secondary N) is 2. The third kappa shape index (κ3) is 6.50. The molecule has 186 valence electrons. The molecule has 0 saturated carbocycles. The zero-order valence-electron chi connectivity index (χ0n) is 21.1. The average Bonchev–Trinajstić information content (AvgIpc) is 2.86. The van der Waals surface area contributed by atoms with Crippen molar-refractivity contribution < 1.29 is 9.90 Å². The van der Waals surface area contributed by atoms with E-state index in [1.807, 2.05) is 24.3 Å². The molecule has 0 atom stereocenters. The third-order valence-electron chi connectivity index (χ3n) is 6.79. The second kappa shape index (κ2) is 11.5. The molecule has 0 unspecified atom stereocenters. The summed E-state index contributed by atoms with van der Waals surface area (Å²) >= 11 is 0. The van der Waals surface area contributed by atoms with Crippen LogP contribution in [-0.2, 0) is 0 Å². The van der Waals surface area contributed by atoms with E-state index in [4.69, 9.17) is 0 Å². The lowest BCUT2D eigenvalue weighted by molar-refractivity contribution is 0.0939. The first-order chi connectivity index (χ1) is 16.9. The number of aromatic hydroxyl groups is 1. The summed E-state index contributed by atoms with van der Waals surface area (Å²) in [5.41, 5.74) is 4.27. The average molecular weight is 476 g/mol. The van der Waals surface area contributed by atoms with Gasteiger partial charge in [0.25, 0.3) is 5.91 Å². The van der Waals surface area contributed by atoms with Gasteiger partial charge >= 0.3 is 0 Å². The number of aromatic nitrogens is 1. The van der Waals surface area contributed by atoms with Crippen LogP contribution in [0.5, 0.6) is 5.75 Å². The van der Waals surface area contributed by atoms with Crippen molar-refractivity contribution in [2.45, 2.75) is 19.3 Å². The van der Waals surface area contributed by atoms with E-state index in [1.165, 1.54) is 0 Å². The Labute approximate surface area is 208 Å². The lowest BCUT2D eigenvalue weighted by Crippen LogP contribution is -2.37. The topological polar surface area (TPSA) is 80.7 Å². The lowest BCUT2D eigenvalue weighted by Gasteiger charge is -2.29. The largest absolute Gasteiger partial charge is 0.508 e. The van der Waals surface area contributed by atoms with Crippen molar-refractivity contribution in [3.05, 3.63) is 54.2 Å². The van der Waals surface area contributed by atoms with Crippen LogP contribution in [0.15, 0.2) is 48.7 Å². The van der Waals surface area contributed by atoms with Gasteiger partial charge in [-0.2, -0.15) is 0 Å². The van der Waals surface area contributed by atoms with Gasteiger partial charge in [0, 0.05) is 24.7 Å². The van der Waals surface area contributed by atoms with Crippen LogP contribution < -0.4 is 10.6 Å². The van der Waals surface area contributed by atoms with Gasteiger partial charge in [-0.25, -0.2) is 0 Å². The van der Waals surface area contributed by atoms with Gasteiger partial charge in [-0.15, -0.1) is 0 Å². The van der Waals surface area contributed by atoms with Gasteiger partial charge in [0.1, 0.15) is 5.75 Å². The Hall–Kier alpha value is -3.16. The predicted molar refractivity (Wildman–Crippen MR) is 143 cm³/mol.